The van der Waals surface area contributed by atoms with Gasteiger partial charge in [-0.3, -0.25) is 9.36 Å². The fourth-order valence-electron chi connectivity index (χ4n) is 2.03. The molecule has 0 saturated heterocycles. The zero-order valence-corrected chi connectivity index (χ0v) is 13.7. The van der Waals surface area contributed by atoms with Gasteiger partial charge < -0.3 is 0 Å². The van der Waals surface area contributed by atoms with E-state index in [1.807, 2.05) is 0 Å². The number of halogens is 1. The van der Waals surface area contributed by atoms with Gasteiger partial charge in [0.05, 0.1) is 22.4 Å². The number of nitrogens with zero attached hydrogens (tertiary/aromatic N) is 2. The van der Waals surface area contributed by atoms with Crippen molar-refractivity contribution in [3.8, 4) is 0 Å². The zero-order valence-electron chi connectivity index (χ0n) is 11.3. The van der Waals surface area contributed by atoms with E-state index in [0.717, 1.165) is 0 Å². The molecule has 0 radical (unpaired) electrons. The molecule has 0 spiro atoms. The van der Waals surface area contributed by atoms with Crippen molar-refractivity contribution in [2.24, 2.45) is 0 Å². The fraction of sp³-hybridized carbons (Fsp3) is 0.143. The van der Waals surface area contributed by atoms with E-state index in [1.54, 1.807) is 11.4 Å². The molecule has 0 unspecified atom stereocenters. The van der Waals surface area contributed by atoms with Crippen LogP contribution >= 0.6 is 22.9 Å². The molecule has 0 N–H and O–H groups in total. The third-order valence-corrected chi connectivity index (χ3v) is 6.01. The summed E-state index contributed by atoms with van der Waals surface area (Å²) in [5, 5.41) is 2.77. The van der Waals surface area contributed by atoms with E-state index in [-0.39, 0.29) is 22.8 Å². The summed E-state index contributed by atoms with van der Waals surface area (Å²) in [6, 6.07) is 7.67. The number of rotatable bonds is 4. The van der Waals surface area contributed by atoms with Crippen LogP contribution in [0.5, 0.6) is 0 Å². The van der Waals surface area contributed by atoms with E-state index in [9.17, 15) is 13.2 Å². The second-order valence-corrected chi connectivity index (χ2v) is 8.10. The Labute approximate surface area is 135 Å². The summed E-state index contributed by atoms with van der Waals surface area (Å²) in [5.41, 5.74) is -0.224. The summed E-state index contributed by atoms with van der Waals surface area (Å²) in [4.78, 5) is 17.2. The van der Waals surface area contributed by atoms with E-state index in [2.05, 4.69) is 4.98 Å². The molecule has 0 saturated carbocycles. The SMILES string of the molecule is O=c1c2ccsc2ncn1CCS(=O)(=O)c1ccc(Cl)cc1. The second-order valence-electron chi connectivity index (χ2n) is 4.66. The molecule has 1 aromatic carbocycles. The van der Waals surface area contributed by atoms with Gasteiger partial charge in [0.15, 0.2) is 9.84 Å². The molecule has 0 aliphatic heterocycles. The first kappa shape index (κ1) is 15.2. The molecule has 3 rings (SSSR count). The molecule has 22 heavy (non-hydrogen) atoms. The Bertz CT molecular complexity index is 975. The Balaban J connectivity index is 1.85. The van der Waals surface area contributed by atoms with Crippen LogP contribution in [0.4, 0.5) is 0 Å². The van der Waals surface area contributed by atoms with Crippen molar-refractivity contribution in [2.75, 3.05) is 5.75 Å². The molecule has 3 aromatic rings. The molecule has 2 aromatic heterocycles. The van der Waals surface area contributed by atoms with Gasteiger partial charge in [-0.15, -0.1) is 11.3 Å². The number of thiophene rings is 1. The van der Waals surface area contributed by atoms with E-state index in [0.29, 0.717) is 15.2 Å². The smallest absolute Gasteiger partial charge is 0.262 e. The van der Waals surface area contributed by atoms with Gasteiger partial charge in [0.1, 0.15) is 4.83 Å². The van der Waals surface area contributed by atoms with Gasteiger partial charge >= 0.3 is 0 Å². The van der Waals surface area contributed by atoms with Crippen molar-refractivity contribution in [1.82, 2.24) is 9.55 Å². The minimum Gasteiger partial charge on any atom is -0.298 e. The van der Waals surface area contributed by atoms with Crippen LogP contribution < -0.4 is 5.56 Å². The van der Waals surface area contributed by atoms with Gasteiger partial charge in [0.2, 0.25) is 0 Å². The van der Waals surface area contributed by atoms with Crippen LogP contribution in [0.25, 0.3) is 10.2 Å². The van der Waals surface area contributed by atoms with E-state index < -0.39 is 9.84 Å². The van der Waals surface area contributed by atoms with Gasteiger partial charge in [-0.2, -0.15) is 0 Å². The van der Waals surface area contributed by atoms with Gasteiger partial charge in [-0.05, 0) is 35.7 Å². The highest BCUT2D eigenvalue weighted by atomic mass is 35.5. The summed E-state index contributed by atoms with van der Waals surface area (Å²) in [7, 11) is -3.48. The molecule has 0 aliphatic carbocycles. The van der Waals surface area contributed by atoms with E-state index in [1.165, 1.54) is 46.5 Å². The van der Waals surface area contributed by atoms with Crippen LogP contribution in [0, 0.1) is 0 Å². The maximum Gasteiger partial charge on any atom is 0.262 e. The van der Waals surface area contributed by atoms with Gasteiger partial charge in [0.25, 0.3) is 5.56 Å². The molecular weight excluding hydrogens is 344 g/mol. The highest BCUT2D eigenvalue weighted by Crippen LogP contribution is 2.16. The molecule has 0 atom stereocenters. The average molecular weight is 355 g/mol. The van der Waals surface area contributed by atoms with Crippen LogP contribution in [0.1, 0.15) is 0 Å². The van der Waals surface area contributed by atoms with E-state index >= 15 is 0 Å². The standard InChI is InChI=1S/C14H11ClN2O3S2/c15-10-1-3-11(4-2-10)22(19,20)8-6-17-9-16-13-12(14(17)18)5-7-21-13/h1-5,7,9H,6,8H2. The lowest BCUT2D eigenvalue weighted by molar-refractivity contribution is 0.587. The molecule has 5 nitrogen and oxygen atoms in total. The van der Waals surface area contributed by atoms with Crippen molar-refractivity contribution in [1.29, 1.82) is 0 Å². The molecule has 0 amide bonds. The van der Waals surface area contributed by atoms with Crippen LogP contribution in [-0.2, 0) is 16.4 Å². The highest BCUT2D eigenvalue weighted by Gasteiger charge is 2.15. The van der Waals surface area contributed by atoms with Crippen LogP contribution in [0.3, 0.4) is 0 Å². The average Bonchev–Trinajstić information content (AvgIpc) is 2.96. The number of aromatic nitrogens is 2. The number of hydrogen-bond donors (Lipinski definition) is 0. The summed E-state index contributed by atoms with van der Waals surface area (Å²) in [6.45, 7) is 0.0581. The van der Waals surface area contributed by atoms with Crippen molar-refractivity contribution in [3.63, 3.8) is 0 Å². The molecule has 114 valence electrons. The van der Waals surface area contributed by atoms with E-state index in [4.69, 9.17) is 11.6 Å². The third kappa shape index (κ3) is 2.92. The molecular formula is C14H11ClN2O3S2. The van der Waals surface area contributed by atoms with Crippen molar-refractivity contribution in [2.45, 2.75) is 11.4 Å². The first-order valence-electron chi connectivity index (χ1n) is 6.38. The minimum atomic E-state index is -3.48. The Morgan fingerprint density at radius 2 is 1.91 bits per heavy atom. The lowest BCUT2D eigenvalue weighted by Gasteiger charge is -2.07. The number of sulfone groups is 1. The minimum absolute atomic E-state index is 0.0581. The third-order valence-electron chi connectivity index (χ3n) is 3.22. The number of aryl methyl sites for hydroxylation is 1. The van der Waals surface area contributed by atoms with Crippen LogP contribution in [0.2, 0.25) is 5.02 Å². The van der Waals surface area contributed by atoms with Crippen molar-refractivity contribution >= 4 is 43.0 Å². The summed E-state index contributed by atoms with van der Waals surface area (Å²) in [5.74, 6) is -0.175. The lowest BCUT2D eigenvalue weighted by atomic mass is 10.4. The van der Waals surface area contributed by atoms with Crippen molar-refractivity contribution in [3.05, 3.63) is 57.4 Å². The van der Waals surface area contributed by atoms with Crippen LogP contribution in [0.15, 0.2) is 51.7 Å². The quantitative estimate of drug-likeness (QED) is 0.722. The number of hydrogen-bond acceptors (Lipinski definition) is 5. The Hall–Kier alpha value is -1.70. The maximum absolute atomic E-state index is 12.3. The Morgan fingerprint density at radius 3 is 2.64 bits per heavy atom. The maximum atomic E-state index is 12.3. The summed E-state index contributed by atoms with van der Waals surface area (Å²) >= 11 is 7.13. The van der Waals surface area contributed by atoms with Gasteiger partial charge in [-0.25, -0.2) is 13.4 Å². The fourth-order valence-corrected chi connectivity index (χ4v) is 4.10. The molecule has 0 bridgehead atoms. The Kier molecular flexibility index (Phi) is 4.03. The number of benzene rings is 1. The van der Waals surface area contributed by atoms with Gasteiger partial charge in [0, 0.05) is 11.6 Å². The number of fused-ring (bicyclic) bond motifs is 1. The largest absolute Gasteiger partial charge is 0.298 e. The zero-order chi connectivity index (χ0) is 15.7. The molecule has 0 aliphatic rings. The predicted octanol–water partition coefficient (Wildman–Crippen LogP) is 2.59. The molecule has 0 fully saturated rings. The lowest BCUT2D eigenvalue weighted by Crippen LogP contribution is -2.24. The monoisotopic (exact) mass is 354 g/mol. The Morgan fingerprint density at radius 1 is 1.18 bits per heavy atom. The molecule has 2 heterocycles. The van der Waals surface area contributed by atoms with Gasteiger partial charge in [-0.1, -0.05) is 11.6 Å². The molecule has 8 heteroatoms. The van der Waals surface area contributed by atoms with Crippen LogP contribution in [-0.4, -0.2) is 23.7 Å². The first-order valence-corrected chi connectivity index (χ1v) is 9.29. The summed E-state index contributed by atoms with van der Waals surface area (Å²) in [6.07, 6.45) is 1.39. The first-order chi connectivity index (χ1) is 10.5. The normalized spacial score (nSPS) is 11.9. The highest BCUT2D eigenvalue weighted by molar-refractivity contribution is 7.91. The predicted molar refractivity (Wildman–Crippen MR) is 87.4 cm³/mol. The second kappa shape index (κ2) is 5.83. The van der Waals surface area contributed by atoms with Crippen molar-refractivity contribution < 1.29 is 8.42 Å². The topological polar surface area (TPSA) is 69.0 Å². The summed E-state index contributed by atoms with van der Waals surface area (Å²) < 4.78 is 25.9.